The van der Waals surface area contributed by atoms with Gasteiger partial charge in [0, 0.05) is 26.3 Å². The molecule has 0 bridgehead atoms. The van der Waals surface area contributed by atoms with Crippen molar-refractivity contribution < 1.29 is 14.1 Å². The summed E-state index contributed by atoms with van der Waals surface area (Å²) in [6.45, 7) is 1.78. The number of carbonyl (C=O) groups is 2. The zero-order valence-electron chi connectivity index (χ0n) is 15.4. The number of primary amides is 1. The summed E-state index contributed by atoms with van der Waals surface area (Å²) >= 11 is 0. The Hall–Kier alpha value is -1.92. The second-order valence-electron chi connectivity index (χ2n) is 7.23. The van der Waals surface area contributed by atoms with Crippen LogP contribution in [-0.4, -0.2) is 33.9 Å². The van der Waals surface area contributed by atoms with Crippen LogP contribution in [0.5, 0.6) is 0 Å². The van der Waals surface area contributed by atoms with E-state index in [0.717, 1.165) is 18.8 Å². The summed E-state index contributed by atoms with van der Waals surface area (Å²) in [7, 11) is 1.68. The lowest BCUT2D eigenvalue weighted by atomic mass is 9.84. The van der Waals surface area contributed by atoms with Gasteiger partial charge >= 0.3 is 0 Å². The van der Waals surface area contributed by atoms with Gasteiger partial charge in [-0.2, -0.15) is 4.98 Å². The lowest BCUT2D eigenvalue weighted by Gasteiger charge is -2.22. The van der Waals surface area contributed by atoms with Crippen LogP contribution in [-0.2, 0) is 16.1 Å². The Morgan fingerprint density at radius 2 is 2.04 bits per heavy atom. The molecule has 0 aromatic carbocycles. The Bertz CT molecular complexity index is 566. The lowest BCUT2D eigenvalue weighted by molar-refractivity contribution is -0.128. The topological polar surface area (TPSA) is 102 Å². The molecule has 25 heavy (non-hydrogen) atoms. The zero-order chi connectivity index (χ0) is 18.2. The lowest BCUT2D eigenvalue weighted by Crippen LogP contribution is -2.23. The van der Waals surface area contributed by atoms with E-state index in [2.05, 4.69) is 10.1 Å². The van der Waals surface area contributed by atoms with Crippen LogP contribution in [0, 0.1) is 5.92 Å². The van der Waals surface area contributed by atoms with Crippen LogP contribution in [0.15, 0.2) is 4.52 Å². The summed E-state index contributed by atoms with van der Waals surface area (Å²) in [5, 5.41) is 3.93. The Balaban J connectivity index is 1.90. The fraction of sp³-hybridized carbons (Fsp3) is 0.778. The van der Waals surface area contributed by atoms with E-state index < -0.39 is 0 Å². The SMILES string of the molecule is CC(=O)N(C)Cc1noc([C@H](CCCC2CCCCC2)CC(N)=O)n1. The van der Waals surface area contributed by atoms with Crippen molar-refractivity contribution in [2.45, 2.75) is 77.2 Å². The number of rotatable bonds is 9. The first-order valence-corrected chi connectivity index (χ1v) is 9.28. The van der Waals surface area contributed by atoms with Gasteiger partial charge in [0.1, 0.15) is 0 Å². The van der Waals surface area contributed by atoms with Crippen LogP contribution in [0.4, 0.5) is 0 Å². The minimum absolute atomic E-state index is 0.0625. The van der Waals surface area contributed by atoms with Gasteiger partial charge in [-0.05, 0) is 12.3 Å². The van der Waals surface area contributed by atoms with Crippen LogP contribution in [0.2, 0.25) is 0 Å². The molecule has 140 valence electrons. The molecule has 2 amide bonds. The van der Waals surface area contributed by atoms with Crippen molar-refractivity contribution >= 4 is 11.8 Å². The fourth-order valence-electron chi connectivity index (χ4n) is 3.51. The first kappa shape index (κ1) is 19.4. The van der Waals surface area contributed by atoms with Crippen LogP contribution in [0.25, 0.3) is 0 Å². The van der Waals surface area contributed by atoms with Gasteiger partial charge in [0.2, 0.25) is 17.7 Å². The van der Waals surface area contributed by atoms with Crippen molar-refractivity contribution in [1.82, 2.24) is 15.0 Å². The van der Waals surface area contributed by atoms with E-state index >= 15 is 0 Å². The normalized spacial score (nSPS) is 16.6. The average molecular weight is 350 g/mol. The van der Waals surface area contributed by atoms with E-state index in [4.69, 9.17) is 10.3 Å². The van der Waals surface area contributed by atoms with Crippen molar-refractivity contribution in [3.63, 3.8) is 0 Å². The smallest absolute Gasteiger partial charge is 0.230 e. The number of nitrogens with two attached hydrogens (primary N) is 1. The van der Waals surface area contributed by atoms with Gasteiger partial charge in [-0.3, -0.25) is 9.59 Å². The van der Waals surface area contributed by atoms with E-state index in [1.165, 1.54) is 50.3 Å². The highest BCUT2D eigenvalue weighted by Gasteiger charge is 2.23. The quantitative estimate of drug-likeness (QED) is 0.737. The standard InChI is InChI=1S/C18H30N4O3/c1-13(23)22(2)12-17-20-18(25-21-17)15(11-16(19)24)10-6-9-14-7-4-3-5-8-14/h14-15H,3-12H2,1-2H3,(H2,19,24)/t15-/m1/s1. The van der Waals surface area contributed by atoms with E-state index in [1.807, 2.05) is 0 Å². The second kappa shape index (κ2) is 9.53. The molecule has 0 radical (unpaired) electrons. The van der Waals surface area contributed by atoms with E-state index in [1.54, 1.807) is 7.05 Å². The first-order valence-electron chi connectivity index (χ1n) is 9.28. The van der Waals surface area contributed by atoms with E-state index in [9.17, 15) is 9.59 Å². The minimum atomic E-state index is -0.358. The Labute approximate surface area is 149 Å². The predicted octanol–water partition coefficient (Wildman–Crippen LogP) is 2.76. The van der Waals surface area contributed by atoms with Gasteiger partial charge in [-0.1, -0.05) is 50.1 Å². The molecule has 1 aliphatic carbocycles. The zero-order valence-corrected chi connectivity index (χ0v) is 15.4. The third-order valence-electron chi connectivity index (χ3n) is 5.09. The molecule has 1 atom stereocenters. The molecule has 7 heteroatoms. The van der Waals surface area contributed by atoms with Gasteiger partial charge in [-0.25, -0.2) is 0 Å². The second-order valence-corrected chi connectivity index (χ2v) is 7.23. The van der Waals surface area contributed by atoms with Crippen molar-refractivity contribution in [1.29, 1.82) is 0 Å². The molecule has 0 aliphatic heterocycles. The number of carbonyl (C=O) groups excluding carboxylic acids is 2. The van der Waals surface area contributed by atoms with Gasteiger partial charge in [0.05, 0.1) is 6.54 Å². The summed E-state index contributed by atoms with van der Waals surface area (Å²) in [6.07, 6.45) is 9.94. The summed E-state index contributed by atoms with van der Waals surface area (Å²) in [5.41, 5.74) is 5.39. The average Bonchev–Trinajstić information content (AvgIpc) is 3.03. The largest absolute Gasteiger partial charge is 0.370 e. The summed E-state index contributed by atoms with van der Waals surface area (Å²) in [6, 6.07) is 0. The van der Waals surface area contributed by atoms with Crippen molar-refractivity contribution in [3.8, 4) is 0 Å². The molecule has 0 saturated heterocycles. The highest BCUT2D eigenvalue weighted by atomic mass is 16.5. The number of aromatic nitrogens is 2. The number of amides is 2. The molecule has 0 unspecified atom stereocenters. The van der Waals surface area contributed by atoms with Gasteiger partial charge in [0.25, 0.3) is 0 Å². The van der Waals surface area contributed by atoms with Gasteiger partial charge in [0.15, 0.2) is 5.82 Å². The molecule has 1 aromatic rings. The van der Waals surface area contributed by atoms with E-state index in [0.29, 0.717) is 18.3 Å². The van der Waals surface area contributed by atoms with Crippen LogP contribution >= 0.6 is 0 Å². The maximum atomic E-state index is 11.4. The van der Waals surface area contributed by atoms with E-state index in [-0.39, 0.29) is 24.2 Å². The Kier molecular flexibility index (Phi) is 7.40. The Morgan fingerprint density at radius 1 is 1.32 bits per heavy atom. The van der Waals surface area contributed by atoms with Crippen LogP contribution in [0.3, 0.4) is 0 Å². The molecule has 0 spiro atoms. The third-order valence-corrected chi connectivity index (χ3v) is 5.09. The van der Waals surface area contributed by atoms with Gasteiger partial charge < -0.3 is 15.2 Å². The molecule has 1 fully saturated rings. The molecule has 1 saturated carbocycles. The molecule has 2 N–H and O–H groups in total. The van der Waals surface area contributed by atoms with Crippen LogP contribution < -0.4 is 5.73 Å². The predicted molar refractivity (Wildman–Crippen MR) is 93.4 cm³/mol. The fourth-order valence-corrected chi connectivity index (χ4v) is 3.51. The number of hydrogen-bond donors (Lipinski definition) is 1. The van der Waals surface area contributed by atoms with Crippen molar-refractivity contribution in [3.05, 3.63) is 11.7 Å². The van der Waals surface area contributed by atoms with Crippen LogP contribution in [0.1, 0.15) is 82.3 Å². The van der Waals surface area contributed by atoms with Gasteiger partial charge in [-0.15, -0.1) is 0 Å². The number of nitrogens with zero attached hydrogens (tertiary/aromatic N) is 3. The maximum absolute atomic E-state index is 11.4. The number of hydrogen-bond acceptors (Lipinski definition) is 5. The molecule has 1 heterocycles. The summed E-state index contributed by atoms with van der Waals surface area (Å²) < 4.78 is 5.34. The molecular formula is C18H30N4O3. The minimum Gasteiger partial charge on any atom is -0.370 e. The highest BCUT2D eigenvalue weighted by molar-refractivity contribution is 5.74. The summed E-state index contributed by atoms with van der Waals surface area (Å²) in [5.74, 6) is 1.16. The summed E-state index contributed by atoms with van der Waals surface area (Å²) in [4.78, 5) is 28.6. The molecule has 7 nitrogen and oxygen atoms in total. The monoisotopic (exact) mass is 350 g/mol. The molecule has 1 aliphatic rings. The van der Waals surface area contributed by atoms with Crippen molar-refractivity contribution in [2.75, 3.05) is 7.05 Å². The third kappa shape index (κ3) is 6.48. The van der Waals surface area contributed by atoms with Crippen molar-refractivity contribution in [2.24, 2.45) is 11.7 Å². The maximum Gasteiger partial charge on any atom is 0.230 e. The molecule has 1 aromatic heterocycles. The highest BCUT2D eigenvalue weighted by Crippen LogP contribution is 2.30. The Morgan fingerprint density at radius 3 is 2.68 bits per heavy atom. The first-order chi connectivity index (χ1) is 12.0. The molecular weight excluding hydrogens is 320 g/mol. The molecule has 2 rings (SSSR count).